The van der Waals surface area contributed by atoms with Crippen LogP contribution in [0.15, 0.2) is 146 Å². The van der Waals surface area contributed by atoms with Crippen molar-refractivity contribution in [3.8, 4) is 28.7 Å². The van der Waals surface area contributed by atoms with Gasteiger partial charge >= 0.3 is 0 Å². The van der Waals surface area contributed by atoms with E-state index in [1.54, 1.807) is 35.5 Å². The van der Waals surface area contributed by atoms with Gasteiger partial charge in [0.2, 0.25) is 0 Å². The Bertz CT molecular complexity index is 1820. The fraction of sp³-hybridized carbons (Fsp3) is 0.140. The molecule has 1 radical (unpaired) electrons. The van der Waals surface area contributed by atoms with Crippen LogP contribution in [0, 0.1) is 5.92 Å². The lowest BCUT2D eigenvalue weighted by molar-refractivity contribution is 0.404. The lowest BCUT2D eigenvalue weighted by Gasteiger charge is -2.38. The first-order chi connectivity index (χ1) is 23.5. The molecule has 0 aliphatic carbocycles. The topological polar surface area (TPSA) is 46.2 Å². The van der Waals surface area contributed by atoms with Gasteiger partial charge < -0.3 is 23.7 Å². The molecule has 0 atom stereocenters. The highest BCUT2D eigenvalue weighted by Crippen LogP contribution is 2.50. The van der Waals surface area contributed by atoms with Gasteiger partial charge in [0.15, 0.2) is 0 Å². The van der Waals surface area contributed by atoms with Gasteiger partial charge in [0.05, 0.1) is 46.9 Å². The zero-order valence-corrected chi connectivity index (χ0v) is 27.9. The van der Waals surface area contributed by atoms with Crippen molar-refractivity contribution in [2.75, 3.05) is 35.5 Å². The third-order valence-electron chi connectivity index (χ3n) is 8.90. The van der Waals surface area contributed by atoms with Crippen molar-refractivity contribution in [2.24, 2.45) is 0 Å². The Labute approximate surface area is 283 Å². The molecule has 241 valence electrons. The third-order valence-corrected chi connectivity index (χ3v) is 8.90. The van der Waals surface area contributed by atoms with E-state index in [0.29, 0.717) is 0 Å². The standard InChI is InChI=1S/C43H39O5/c1-44-36-20-11-30(12-21-36)42(31-13-22-37(45-2)23-14-31)32-15-28-41(48-5)40(29-32)43(33-9-7-6-8-10-33,34-16-24-38(46-3)25-17-34)35-18-26-39(47-4)27-19-35/h6-29H,1-5H3. The summed E-state index contributed by atoms with van der Waals surface area (Å²) in [5, 5.41) is 0. The molecule has 0 heterocycles. The number of hydrogen-bond donors (Lipinski definition) is 0. The van der Waals surface area contributed by atoms with E-state index in [4.69, 9.17) is 23.7 Å². The average molecular weight is 636 g/mol. The molecule has 0 aromatic heterocycles. The van der Waals surface area contributed by atoms with Crippen molar-refractivity contribution >= 4 is 0 Å². The Morgan fingerprint density at radius 1 is 0.375 bits per heavy atom. The molecule has 0 fully saturated rings. The van der Waals surface area contributed by atoms with Gasteiger partial charge in [-0.3, -0.25) is 0 Å². The van der Waals surface area contributed by atoms with Crippen LogP contribution in [0.2, 0.25) is 0 Å². The lowest BCUT2D eigenvalue weighted by atomic mass is 9.64. The maximum atomic E-state index is 6.22. The third kappa shape index (κ3) is 6.07. The van der Waals surface area contributed by atoms with Gasteiger partial charge in [-0.15, -0.1) is 0 Å². The second kappa shape index (κ2) is 14.4. The van der Waals surface area contributed by atoms with E-state index in [2.05, 4.69) is 91.0 Å². The fourth-order valence-electron chi connectivity index (χ4n) is 6.51. The first kappa shape index (κ1) is 32.3. The van der Waals surface area contributed by atoms with Crippen LogP contribution in [0.25, 0.3) is 0 Å². The van der Waals surface area contributed by atoms with Gasteiger partial charge in [-0.25, -0.2) is 0 Å². The lowest BCUT2D eigenvalue weighted by Crippen LogP contribution is -2.32. The van der Waals surface area contributed by atoms with Crippen molar-refractivity contribution in [1.29, 1.82) is 0 Å². The summed E-state index contributed by atoms with van der Waals surface area (Å²) in [4.78, 5) is 0. The molecule has 6 aromatic rings. The second-order valence-electron chi connectivity index (χ2n) is 11.3. The quantitative estimate of drug-likeness (QED) is 0.126. The zero-order valence-electron chi connectivity index (χ0n) is 27.9. The maximum absolute atomic E-state index is 6.22. The van der Waals surface area contributed by atoms with Crippen LogP contribution in [-0.4, -0.2) is 35.5 Å². The van der Waals surface area contributed by atoms with Crippen molar-refractivity contribution in [2.45, 2.75) is 5.41 Å². The van der Waals surface area contributed by atoms with E-state index < -0.39 is 5.41 Å². The molecule has 5 nitrogen and oxygen atoms in total. The minimum atomic E-state index is -0.786. The highest BCUT2D eigenvalue weighted by atomic mass is 16.5. The monoisotopic (exact) mass is 635 g/mol. The summed E-state index contributed by atoms with van der Waals surface area (Å²) in [6.45, 7) is 0. The minimum Gasteiger partial charge on any atom is -0.497 e. The molecule has 0 aliphatic rings. The molecule has 5 heteroatoms. The van der Waals surface area contributed by atoms with Crippen molar-refractivity contribution < 1.29 is 23.7 Å². The number of benzene rings is 6. The molecule has 6 rings (SSSR count). The van der Waals surface area contributed by atoms with E-state index in [0.717, 1.165) is 73.6 Å². The predicted octanol–water partition coefficient (Wildman–Crippen LogP) is 9.13. The van der Waals surface area contributed by atoms with E-state index in [-0.39, 0.29) is 0 Å². The summed E-state index contributed by atoms with van der Waals surface area (Å²) in [5.41, 5.74) is 6.55. The predicted molar refractivity (Wildman–Crippen MR) is 191 cm³/mol. The first-order valence-electron chi connectivity index (χ1n) is 15.7. The Hall–Kier alpha value is -5.68. The molecule has 0 saturated heterocycles. The Balaban J connectivity index is 1.68. The summed E-state index contributed by atoms with van der Waals surface area (Å²) < 4.78 is 28.4. The number of rotatable bonds is 12. The van der Waals surface area contributed by atoms with Crippen LogP contribution in [0.1, 0.15) is 38.9 Å². The van der Waals surface area contributed by atoms with Crippen LogP contribution in [0.4, 0.5) is 0 Å². The van der Waals surface area contributed by atoms with Crippen LogP contribution in [0.3, 0.4) is 0 Å². The van der Waals surface area contributed by atoms with Gasteiger partial charge in [0.1, 0.15) is 28.7 Å². The summed E-state index contributed by atoms with van der Waals surface area (Å²) in [6, 6.07) is 50.0. The Morgan fingerprint density at radius 3 is 1.15 bits per heavy atom. The largest absolute Gasteiger partial charge is 0.497 e. The van der Waals surface area contributed by atoms with Crippen LogP contribution >= 0.6 is 0 Å². The molecule has 0 saturated carbocycles. The van der Waals surface area contributed by atoms with Gasteiger partial charge in [-0.2, -0.15) is 0 Å². The van der Waals surface area contributed by atoms with Gasteiger partial charge in [-0.1, -0.05) is 84.9 Å². The smallest absolute Gasteiger partial charge is 0.123 e. The molecule has 0 amide bonds. The molecule has 6 aromatic carbocycles. The Morgan fingerprint density at radius 2 is 0.750 bits per heavy atom. The van der Waals surface area contributed by atoms with Gasteiger partial charge in [0.25, 0.3) is 0 Å². The van der Waals surface area contributed by atoms with Crippen LogP contribution in [-0.2, 0) is 5.41 Å². The normalized spacial score (nSPS) is 11.2. The number of hydrogen-bond acceptors (Lipinski definition) is 5. The molecular formula is C43H39O5. The molecule has 0 N–H and O–H groups in total. The molecule has 48 heavy (non-hydrogen) atoms. The summed E-state index contributed by atoms with van der Waals surface area (Å²) >= 11 is 0. The van der Waals surface area contributed by atoms with Gasteiger partial charge in [-0.05, 0) is 94.0 Å². The van der Waals surface area contributed by atoms with Crippen molar-refractivity contribution in [1.82, 2.24) is 0 Å². The fourth-order valence-corrected chi connectivity index (χ4v) is 6.51. The SMILES string of the molecule is COc1ccc([C](c2ccc(OC)cc2)c2ccc(OC)c(C(c3ccccc3)(c3ccc(OC)cc3)c3ccc(OC)cc3)c2)cc1. The number of methoxy groups -OCH3 is 5. The summed E-state index contributed by atoms with van der Waals surface area (Å²) in [5.74, 6) is 4.99. The molecule has 0 bridgehead atoms. The van der Waals surface area contributed by atoms with Gasteiger partial charge in [0, 0.05) is 5.56 Å². The summed E-state index contributed by atoms with van der Waals surface area (Å²) in [7, 11) is 8.46. The van der Waals surface area contributed by atoms with Crippen LogP contribution in [0.5, 0.6) is 28.7 Å². The number of ether oxygens (including phenoxy) is 5. The van der Waals surface area contributed by atoms with Crippen LogP contribution < -0.4 is 23.7 Å². The van der Waals surface area contributed by atoms with E-state index in [1.165, 1.54) is 0 Å². The first-order valence-corrected chi connectivity index (χ1v) is 15.7. The molecule has 0 spiro atoms. The van der Waals surface area contributed by atoms with E-state index in [1.807, 2.05) is 54.6 Å². The highest BCUT2D eigenvalue weighted by molar-refractivity contribution is 5.67. The minimum absolute atomic E-state index is 0.762. The Kier molecular flexibility index (Phi) is 9.67. The average Bonchev–Trinajstić information content (AvgIpc) is 3.17. The highest BCUT2D eigenvalue weighted by Gasteiger charge is 2.41. The van der Waals surface area contributed by atoms with E-state index in [9.17, 15) is 0 Å². The van der Waals surface area contributed by atoms with Crippen molar-refractivity contribution in [3.63, 3.8) is 0 Å². The van der Waals surface area contributed by atoms with E-state index >= 15 is 0 Å². The zero-order chi connectivity index (χ0) is 33.5. The molecule has 0 aliphatic heterocycles. The summed E-state index contributed by atoms with van der Waals surface area (Å²) in [6.07, 6.45) is 0. The maximum Gasteiger partial charge on any atom is 0.123 e. The van der Waals surface area contributed by atoms with Crippen molar-refractivity contribution in [3.05, 3.63) is 190 Å². The molecular weight excluding hydrogens is 596 g/mol. The second-order valence-corrected chi connectivity index (χ2v) is 11.3. The molecule has 0 unspecified atom stereocenters.